The van der Waals surface area contributed by atoms with Crippen molar-refractivity contribution in [3.05, 3.63) is 52.0 Å². The minimum absolute atomic E-state index is 0.102. The third-order valence-electron chi connectivity index (χ3n) is 5.77. The summed E-state index contributed by atoms with van der Waals surface area (Å²) in [6, 6.07) is 3.44. The zero-order valence-corrected chi connectivity index (χ0v) is 18.1. The van der Waals surface area contributed by atoms with Gasteiger partial charge in [-0.05, 0) is 50.8 Å². The molecular weight excluding hydrogens is 428 g/mol. The van der Waals surface area contributed by atoms with Crippen molar-refractivity contribution in [2.75, 3.05) is 12.0 Å². The SMILES string of the molecule is Cc1nc(CC(=O)O)c(CNC2(CF)CC2)c(N[C@H](C)c2cccc(C(F)(F)F)c2C)n1. The first-order valence-corrected chi connectivity index (χ1v) is 10.3. The number of aryl methyl sites for hydroxylation is 1. The highest BCUT2D eigenvalue weighted by molar-refractivity contribution is 5.71. The Hall–Kier alpha value is -2.75. The molecule has 2 aromatic rings. The molecule has 0 spiro atoms. The van der Waals surface area contributed by atoms with Crippen molar-refractivity contribution in [2.24, 2.45) is 0 Å². The molecule has 3 rings (SSSR count). The zero-order valence-electron chi connectivity index (χ0n) is 18.1. The molecule has 0 radical (unpaired) electrons. The molecule has 1 heterocycles. The van der Waals surface area contributed by atoms with E-state index in [1.54, 1.807) is 19.9 Å². The van der Waals surface area contributed by atoms with Gasteiger partial charge in [-0.3, -0.25) is 4.79 Å². The Morgan fingerprint density at radius 2 is 1.94 bits per heavy atom. The molecule has 0 unspecified atom stereocenters. The van der Waals surface area contributed by atoms with Crippen molar-refractivity contribution in [3.63, 3.8) is 0 Å². The van der Waals surface area contributed by atoms with Gasteiger partial charge in [-0.15, -0.1) is 0 Å². The van der Waals surface area contributed by atoms with E-state index in [0.717, 1.165) is 6.07 Å². The molecule has 10 heteroatoms. The molecule has 1 fully saturated rings. The average Bonchev–Trinajstić information content (AvgIpc) is 3.46. The molecule has 1 aromatic carbocycles. The summed E-state index contributed by atoms with van der Waals surface area (Å²) in [6.07, 6.45) is -3.48. The van der Waals surface area contributed by atoms with E-state index < -0.39 is 36.0 Å². The summed E-state index contributed by atoms with van der Waals surface area (Å²) in [6.45, 7) is 4.33. The van der Waals surface area contributed by atoms with Gasteiger partial charge in [-0.1, -0.05) is 12.1 Å². The van der Waals surface area contributed by atoms with Gasteiger partial charge < -0.3 is 15.7 Å². The second kappa shape index (κ2) is 9.01. The van der Waals surface area contributed by atoms with Gasteiger partial charge in [0.15, 0.2) is 0 Å². The Morgan fingerprint density at radius 3 is 2.50 bits per heavy atom. The van der Waals surface area contributed by atoms with Crippen LogP contribution >= 0.6 is 0 Å². The molecule has 0 aliphatic heterocycles. The van der Waals surface area contributed by atoms with Gasteiger partial charge >= 0.3 is 12.1 Å². The minimum atomic E-state index is -4.47. The molecule has 6 nitrogen and oxygen atoms in total. The lowest BCUT2D eigenvalue weighted by molar-refractivity contribution is -0.138. The first-order valence-electron chi connectivity index (χ1n) is 10.3. The predicted octanol–water partition coefficient (Wildman–Crippen LogP) is 4.50. The number of hydrogen-bond acceptors (Lipinski definition) is 5. The van der Waals surface area contributed by atoms with E-state index in [2.05, 4.69) is 20.6 Å². The van der Waals surface area contributed by atoms with Crippen LogP contribution in [0.15, 0.2) is 18.2 Å². The maximum absolute atomic E-state index is 13.3. The third kappa shape index (κ3) is 5.35. The number of alkyl halides is 4. The summed E-state index contributed by atoms with van der Waals surface area (Å²) in [5, 5.41) is 15.6. The number of halogens is 4. The number of carbonyl (C=O) groups is 1. The Kier molecular flexibility index (Phi) is 6.73. The lowest BCUT2D eigenvalue weighted by Gasteiger charge is -2.23. The fraction of sp³-hybridized carbons (Fsp3) is 0.500. The summed E-state index contributed by atoms with van der Waals surface area (Å²) < 4.78 is 53.3. The minimum Gasteiger partial charge on any atom is -0.481 e. The number of aliphatic carboxylic acids is 1. The van der Waals surface area contributed by atoms with Crippen molar-refractivity contribution in [1.29, 1.82) is 0 Å². The summed E-state index contributed by atoms with van der Waals surface area (Å²) in [4.78, 5) is 20.0. The number of rotatable bonds is 9. The standard InChI is InChI=1S/C22H26F4N4O2/c1-12-15(5-4-6-17(12)22(24,25)26)13(2)28-20-16(10-27-21(11-23)7-8-21)18(9-19(31)32)29-14(3)30-20/h4-6,13,27H,7-11H2,1-3H3,(H,31,32)(H,28,29,30)/t13-/m1/s1. The number of anilines is 1. The number of aromatic nitrogens is 2. The quantitative estimate of drug-likeness (QED) is 0.484. The molecule has 1 saturated carbocycles. The van der Waals surface area contributed by atoms with Gasteiger partial charge in [0.05, 0.1) is 23.7 Å². The highest BCUT2D eigenvalue weighted by Gasteiger charge is 2.42. The van der Waals surface area contributed by atoms with E-state index >= 15 is 0 Å². The largest absolute Gasteiger partial charge is 0.481 e. The van der Waals surface area contributed by atoms with Gasteiger partial charge in [0.2, 0.25) is 0 Å². The molecule has 0 bridgehead atoms. The second-order valence-electron chi connectivity index (χ2n) is 8.27. The van der Waals surface area contributed by atoms with Crippen LogP contribution in [0.3, 0.4) is 0 Å². The highest BCUT2D eigenvalue weighted by Crippen LogP contribution is 2.37. The fourth-order valence-electron chi connectivity index (χ4n) is 3.75. The summed E-state index contributed by atoms with van der Waals surface area (Å²) in [5.41, 5.74) is -0.0412. The number of carboxylic acid groups (broad SMARTS) is 1. The molecule has 0 saturated heterocycles. The topological polar surface area (TPSA) is 87.1 Å². The fourth-order valence-corrected chi connectivity index (χ4v) is 3.75. The highest BCUT2D eigenvalue weighted by atomic mass is 19.4. The molecule has 1 atom stereocenters. The molecule has 174 valence electrons. The maximum Gasteiger partial charge on any atom is 0.416 e. The van der Waals surface area contributed by atoms with Crippen LogP contribution in [0.1, 0.15) is 59.6 Å². The monoisotopic (exact) mass is 454 g/mol. The molecule has 1 aliphatic rings. The van der Waals surface area contributed by atoms with E-state index in [1.165, 1.54) is 13.0 Å². The number of hydrogen-bond donors (Lipinski definition) is 3. The third-order valence-corrected chi connectivity index (χ3v) is 5.77. The van der Waals surface area contributed by atoms with Crippen LogP contribution in [0.2, 0.25) is 0 Å². The van der Waals surface area contributed by atoms with E-state index in [9.17, 15) is 27.5 Å². The van der Waals surface area contributed by atoms with E-state index in [-0.39, 0.29) is 24.2 Å². The van der Waals surface area contributed by atoms with Gasteiger partial charge in [0.1, 0.15) is 18.3 Å². The van der Waals surface area contributed by atoms with Crippen LogP contribution in [-0.2, 0) is 23.9 Å². The maximum atomic E-state index is 13.3. The summed E-state index contributed by atoms with van der Waals surface area (Å²) >= 11 is 0. The molecular formula is C22H26F4N4O2. The van der Waals surface area contributed by atoms with Crippen LogP contribution in [0.25, 0.3) is 0 Å². The van der Waals surface area contributed by atoms with E-state index in [1.807, 2.05) is 0 Å². The van der Waals surface area contributed by atoms with Crippen molar-refractivity contribution in [3.8, 4) is 0 Å². The van der Waals surface area contributed by atoms with E-state index in [0.29, 0.717) is 35.6 Å². The van der Waals surface area contributed by atoms with Crippen LogP contribution in [0, 0.1) is 13.8 Å². The Bertz CT molecular complexity index is 1010. The van der Waals surface area contributed by atoms with Crippen molar-refractivity contribution >= 4 is 11.8 Å². The lowest BCUT2D eigenvalue weighted by atomic mass is 9.97. The number of benzene rings is 1. The molecule has 32 heavy (non-hydrogen) atoms. The first kappa shape index (κ1) is 23.9. The Morgan fingerprint density at radius 1 is 1.25 bits per heavy atom. The van der Waals surface area contributed by atoms with Crippen molar-refractivity contribution in [2.45, 2.75) is 64.3 Å². The van der Waals surface area contributed by atoms with Crippen LogP contribution in [0.5, 0.6) is 0 Å². The van der Waals surface area contributed by atoms with Crippen LogP contribution < -0.4 is 10.6 Å². The normalized spacial score (nSPS) is 16.0. The summed E-state index contributed by atoms with van der Waals surface area (Å²) in [5.74, 6) is -0.434. The van der Waals surface area contributed by atoms with Crippen molar-refractivity contribution in [1.82, 2.24) is 15.3 Å². The number of nitrogens with zero attached hydrogens (tertiary/aromatic N) is 2. The molecule has 1 aromatic heterocycles. The number of nitrogens with one attached hydrogen (secondary N) is 2. The zero-order chi connectivity index (χ0) is 23.7. The van der Waals surface area contributed by atoms with Gasteiger partial charge in [-0.25, -0.2) is 14.4 Å². The van der Waals surface area contributed by atoms with Gasteiger partial charge in [-0.2, -0.15) is 13.2 Å². The smallest absolute Gasteiger partial charge is 0.416 e. The molecule has 1 aliphatic carbocycles. The second-order valence-corrected chi connectivity index (χ2v) is 8.27. The van der Waals surface area contributed by atoms with Crippen LogP contribution in [-0.4, -0.2) is 33.3 Å². The van der Waals surface area contributed by atoms with Crippen LogP contribution in [0.4, 0.5) is 23.4 Å². The Labute approximate surface area is 183 Å². The molecule has 3 N–H and O–H groups in total. The summed E-state index contributed by atoms with van der Waals surface area (Å²) in [7, 11) is 0. The van der Waals surface area contributed by atoms with Gasteiger partial charge in [0.25, 0.3) is 0 Å². The first-order chi connectivity index (χ1) is 15.0. The van der Waals surface area contributed by atoms with E-state index in [4.69, 9.17) is 0 Å². The predicted molar refractivity (Wildman–Crippen MR) is 111 cm³/mol. The van der Waals surface area contributed by atoms with Gasteiger partial charge in [0, 0.05) is 17.6 Å². The lowest BCUT2D eigenvalue weighted by Crippen LogP contribution is -2.33. The average molecular weight is 454 g/mol. The van der Waals surface area contributed by atoms with Crippen molar-refractivity contribution < 1.29 is 27.5 Å². The number of carboxylic acids is 1. The Balaban J connectivity index is 1.96. The molecule has 0 amide bonds.